The van der Waals surface area contributed by atoms with E-state index in [1.54, 1.807) is 6.07 Å². The van der Waals surface area contributed by atoms with Crippen LogP contribution in [0.15, 0.2) is 30.3 Å². The van der Waals surface area contributed by atoms with Crippen molar-refractivity contribution >= 4 is 46.8 Å². The van der Waals surface area contributed by atoms with Gasteiger partial charge in [-0.2, -0.15) is 0 Å². The van der Waals surface area contributed by atoms with Crippen molar-refractivity contribution in [3.05, 3.63) is 36.0 Å². The molecule has 0 bridgehead atoms. The summed E-state index contributed by atoms with van der Waals surface area (Å²) >= 11 is 0. The molecule has 0 unspecified atom stereocenters. The minimum Gasteiger partial charge on any atom is -0.481 e. The highest BCUT2D eigenvalue weighted by Crippen LogP contribution is 2.25. The molecule has 3 atom stereocenters. The lowest BCUT2D eigenvalue weighted by molar-refractivity contribution is -0.176. The zero-order valence-electron chi connectivity index (χ0n) is 18.7. The monoisotopic (exact) mass is 483 g/mol. The van der Waals surface area contributed by atoms with Crippen molar-refractivity contribution in [1.82, 2.24) is 25.6 Å². The molecule has 2 saturated heterocycles. The van der Waals surface area contributed by atoms with Gasteiger partial charge in [0, 0.05) is 23.9 Å². The van der Waals surface area contributed by atoms with Gasteiger partial charge in [0.15, 0.2) is 0 Å². The second-order valence-electron chi connectivity index (χ2n) is 8.54. The van der Waals surface area contributed by atoms with Gasteiger partial charge in [-0.05, 0) is 31.4 Å². The highest BCUT2D eigenvalue weighted by Gasteiger charge is 2.45. The van der Waals surface area contributed by atoms with Gasteiger partial charge in [0.2, 0.25) is 11.8 Å². The maximum atomic E-state index is 13.5. The first-order valence-corrected chi connectivity index (χ1v) is 11.3. The molecule has 2 aliphatic heterocycles. The largest absolute Gasteiger partial charge is 0.481 e. The number of benzene rings is 1. The number of aldehydes is 1. The second kappa shape index (κ2) is 9.95. The van der Waals surface area contributed by atoms with Crippen LogP contribution in [0.1, 0.15) is 42.6 Å². The molecule has 3 heterocycles. The minimum atomic E-state index is -1.27. The average Bonchev–Trinajstić information content (AvgIpc) is 3.24. The van der Waals surface area contributed by atoms with Crippen molar-refractivity contribution in [2.75, 3.05) is 6.54 Å². The summed E-state index contributed by atoms with van der Waals surface area (Å²) in [6.45, 7) is 0.225. The van der Waals surface area contributed by atoms with Gasteiger partial charge in [-0.1, -0.05) is 18.2 Å². The number of carbonyl (C=O) groups is 6. The second-order valence-corrected chi connectivity index (χ2v) is 8.54. The molecule has 12 heteroatoms. The first-order valence-electron chi connectivity index (χ1n) is 11.3. The number of nitrogens with zero attached hydrogens (tertiary/aromatic N) is 2. The van der Waals surface area contributed by atoms with Gasteiger partial charge in [0.25, 0.3) is 11.8 Å². The number of aliphatic carboxylic acids is 1. The molecule has 35 heavy (non-hydrogen) atoms. The Morgan fingerprint density at radius 2 is 1.97 bits per heavy atom. The molecule has 2 aromatic rings. The fourth-order valence-corrected chi connectivity index (χ4v) is 4.44. The molecule has 0 spiro atoms. The van der Waals surface area contributed by atoms with Crippen LogP contribution in [-0.4, -0.2) is 80.7 Å². The Morgan fingerprint density at radius 3 is 2.69 bits per heavy atom. The number of H-pyrrole nitrogens is 1. The molecule has 4 rings (SSSR count). The topological polar surface area (TPSA) is 169 Å². The van der Waals surface area contributed by atoms with Crippen LogP contribution >= 0.6 is 0 Å². The molecule has 0 aliphatic carbocycles. The van der Waals surface area contributed by atoms with Gasteiger partial charge in [0.05, 0.1) is 12.5 Å². The predicted molar refractivity (Wildman–Crippen MR) is 121 cm³/mol. The number of hydrogen-bond acceptors (Lipinski definition) is 6. The van der Waals surface area contributed by atoms with Crippen LogP contribution in [0.4, 0.5) is 0 Å². The molecule has 4 amide bonds. The van der Waals surface area contributed by atoms with Crippen LogP contribution in [0.3, 0.4) is 0 Å². The SMILES string of the molecule is O=C[C@H](CC(=O)O)NC(=O)[C@@H]1CCCN2C(=O)CC[C@H](NC(=O)c3cc4ccccc4[nH]3)C(=O)N12. The summed E-state index contributed by atoms with van der Waals surface area (Å²) in [5.74, 6) is -3.53. The van der Waals surface area contributed by atoms with Gasteiger partial charge < -0.3 is 25.5 Å². The van der Waals surface area contributed by atoms with Crippen LogP contribution in [0.5, 0.6) is 0 Å². The van der Waals surface area contributed by atoms with Crippen molar-refractivity contribution in [1.29, 1.82) is 0 Å². The molecular formula is C23H25N5O7. The maximum absolute atomic E-state index is 13.5. The van der Waals surface area contributed by atoms with Gasteiger partial charge in [-0.3, -0.25) is 29.0 Å². The number of para-hydroxylation sites is 1. The smallest absolute Gasteiger partial charge is 0.305 e. The molecule has 1 aromatic heterocycles. The molecule has 12 nitrogen and oxygen atoms in total. The number of nitrogens with one attached hydrogen (secondary N) is 3. The highest BCUT2D eigenvalue weighted by molar-refractivity contribution is 6.01. The van der Waals surface area contributed by atoms with Gasteiger partial charge >= 0.3 is 5.97 Å². The number of hydrogen-bond donors (Lipinski definition) is 4. The summed E-state index contributed by atoms with van der Waals surface area (Å²) in [6, 6.07) is 5.51. The number of aromatic amines is 1. The fraction of sp³-hybridized carbons (Fsp3) is 0.391. The van der Waals surface area contributed by atoms with Crippen molar-refractivity contribution in [3.8, 4) is 0 Å². The van der Waals surface area contributed by atoms with Crippen molar-refractivity contribution < 1.29 is 33.9 Å². The third-order valence-corrected chi connectivity index (χ3v) is 6.13. The Hall–Kier alpha value is -4.22. The summed E-state index contributed by atoms with van der Waals surface area (Å²) in [5.41, 5.74) is 1.01. The van der Waals surface area contributed by atoms with E-state index in [1.807, 2.05) is 24.3 Å². The van der Waals surface area contributed by atoms with Crippen molar-refractivity contribution in [2.45, 2.75) is 50.2 Å². The number of carbonyl (C=O) groups excluding carboxylic acids is 5. The number of hydrazine groups is 1. The Labute approximate surface area is 199 Å². The normalized spacial score (nSPS) is 21.1. The zero-order valence-corrected chi connectivity index (χ0v) is 18.7. The Kier molecular flexibility index (Phi) is 6.80. The fourth-order valence-electron chi connectivity index (χ4n) is 4.44. The van der Waals surface area contributed by atoms with Crippen LogP contribution in [0, 0.1) is 0 Å². The van der Waals surface area contributed by atoms with Crippen LogP contribution in [0.2, 0.25) is 0 Å². The predicted octanol–water partition coefficient (Wildman–Crippen LogP) is -0.0469. The molecule has 2 fully saturated rings. The number of rotatable bonds is 7. The molecule has 184 valence electrons. The summed E-state index contributed by atoms with van der Waals surface area (Å²) in [6.07, 6.45) is 0.394. The summed E-state index contributed by atoms with van der Waals surface area (Å²) in [5, 5.41) is 17.0. The van der Waals surface area contributed by atoms with E-state index < -0.39 is 48.2 Å². The number of aromatic nitrogens is 1. The van der Waals surface area contributed by atoms with E-state index in [9.17, 15) is 28.8 Å². The lowest BCUT2D eigenvalue weighted by atomic mass is 10.0. The van der Waals surface area contributed by atoms with Crippen LogP contribution in [-0.2, 0) is 24.0 Å². The molecule has 1 aromatic carbocycles. The summed E-state index contributed by atoms with van der Waals surface area (Å²) in [7, 11) is 0. The maximum Gasteiger partial charge on any atom is 0.305 e. The minimum absolute atomic E-state index is 0.00972. The van der Waals surface area contributed by atoms with E-state index >= 15 is 0 Å². The highest BCUT2D eigenvalue weighted by atomic mass is 16.4. The number of amides is 4. The van der Waals surface area contributed by atoms with Gasteiger partial charge in [-0.25, -0.2) is 5.01 Å². The molecule has 2 aliphatic rings. The van der Waals surface area contributed by atoms with E-state index in [4.69, 9.17) is 5.11 Å². The lowest BCUT2D eigenvalue weighted by Gasteiger charge is -2.43. The quantitative estimate of drug-likeness (QED) is 0.400. The summed E-state index contributed by atoms with van der Waals surface area (Å²) < 4.78 is 0. The number of carboxylic acids is 1. The van der Waals surface area contributed by atoms with E-state index in [1.165, 1.54) is 5.01 Å². The van der Waals surface area contributed by atoms with E-state index in [0.717, 1.165) is 15.9 Å². The van der Waals surface area contributed by atoms with Crippen molar-refractivity contribution in [3.63, 3.8) is 0 Å². The standard InChI is InChI=1S/C23H25N5O7/c29-12-14(11-20(31)32)24-22(34)18-6-3-9-27-19(30)8-7-16(23(35)28(18)27)26-21(33)17-10-13-4-1-2-5-15(13)25-17/h1-2,4-5,10,12,14,16,18,25H,3,6-9,11H2,(H,24,34)(H,26,33)(H,31,32)/t14-,16-,18-/m0/s1. The van der Waals surface area contributed by atoms with Gasteiger partial charge in [-0.15, -0.1) is 0 Å². The Balaban J connectivity index is 1.54. The molecular weight excluding hydrogens is 458 g/mol. The van der Waals surface area contributed by atoms with E-state index in [0.29, 0.717) is 12.7 Å². The first kappa shape index (κ1) is 23.9. The van der Waals surface area contributed by atoms with Crippen LogP contribution < -0.4 is 10.6 Å². The molecule has 4 N–H and O–H groups in total. The Bertz CT molecular complexity index is 1160. The lowest BCUT2D eigenvalue weighted by Crippen LogP contribution is -2.64. The van der Waals surface area contributed by atoms with Gasteiger partial charge in [0.1, 0.15) is 24.1 Å². The first-order chi connectivity index (χ1) is 16.8. The third kappa shape index (κ3) is 5.00. The molecule has 0 radical (unpaired) electrons. The summed E-state index contributed by atoms with van der Waals surface area (Å²) in [4.78, 5) is 77.2. The zero-order chi connectivity index (χ0) is 25.1. The average molecular weight is 483 g/mol. The Morgan fingerprint density at radius 1 is 1.20 bits per heavy atom. The third-order valence-electron chi connectivity index (χ3n) is 6.13. The molecule has 0 saturated carbocycles. The van der Waals surface area contributed by atoms with Crippen molar-refractivity contribution in [2.24, 2.45) is 0 Å². The van der Waals surface area contributed by atoms with E-state index in [2.05, 4.69) is 15.6 Å². The number of carboxylic acid groups (broad SMARTS) is 1. The van der Waals surface area contributed by atoms with Crippen LogP contribution in [0.25, 0.3) is 10.9 Å². The number of fused-ring (bicyclic) bond motifs is 2. The van der Waals surface area contributed by atoms with E-state index in [-0.39, 0.29) is 37.4 Å².